The normalized spacial score (nSPS) is 22.8. The van der Waals surface area contributed by atoms with Gasteiger partial charge in [-0.2, -0.15) is 0 Å². The van der Waals surface area contributed by atoms with E-state index in [-0.39, 0.29) is 12.1 Å². The Hall–Kier alpha value is -1.56. The molecule has 3 N–H and O–H groups in total. The molecular formula is C17H30N4O2. The standard InChI is InChI=1S/C17H30N4O2/c1-5-13(15-18-9-10-19-15)21-14-8-6-7-12(14)11-20-16(22)23-17(2,3)4/h9-10,12-14,21H,5-8,11H2,1-4H3,(H,18,19)(H,20,22). The van der Waals surface area contributed by atoms with Gasteiger partial charge in [-0.25, -0.2) is 9.78 Å². The summed E-state index contributed by atoms with van der Waals surface area (Å²) < 4.78 is 5.31. The number of ether oxygens (including phenoxy) is 1. The number of aromatic nitrogens is 2. The molecule has 1 aromatic heterocycles. The minimum absolute atomic E-state index is 0.233. The average Bonchev–Trinajstić information content (AvgIpc) is 3.12. The molecule has 0 spiro atoms. The number of hydrogen-bond donors (Lipinski definition) is 3. The van der Waals surface area contributed by atoms with Crippen LogP contribution in [-0.2, 0) is 4.74 Å². The van der Waals surface area contributed by atoms with Crippen molar-refractivity contribution < 1.29 is 9.53 Å². The van der Waals surface area contributed by atoms with Crippen LogP contribution >= 0.6 is 0 Å². The van der Waals surface area contributed by atoms with E-state index in [1.807, 2.05) is 27.0 Å². The molecule has 0 saturated heterocycles. The molecule has 1 aliphatic rings. The molecule has 3 atom stereocenters. The average molecular weight is 322 g/mol. The van der Waals surface area contributed by atoms with E-state index in [1.54, 1.807) is 6.20 Å². The second-order valence-electron chi connectivity index (χ2n) is 7.28. The Labute approximate surface area is 138 Å². The number of carbonyl (C=O) groups excluding carboxylic acids is 1. The number of amides is 1. The lowest BCUT2D eigenvalue weighted by molar-refractivity contribution is 0.0517. The molecule has 1 saturated carbocycles. The van der Waals surface area contributed by atoms with Crippen LogP contribution in [0.3, 0.4) is 0 Å². The SMILES string of the molecule is CCC(NC1CCCC1CNC(=O)OC(C)(C)C)c1ncc[nH]1. The lowest BCUT2D eigenvalue weighted by Crippen LogP contribution is -2.42. The number of nitrogens with one attached hydrogen (secondary N) is 3. The van der Waals surface area contributed by atoms with Crippen molar-refractivity contribution in [3.63, 3.8) is 0 Å². The number of aromatic amines is 1. The number of alkyl carbamates (subject to hydrolysis) is 1. The molecule has 1 aliphatic carbocycles. The third-order valence-electron chi connectivity index (χ3n) is 4.24. The van der Waals surface area contributed by atoms with Crippen LogP contribution in [-0.4, -0.2) is 34.2 Å². The summed E-state index contributed by atoms with van der Waals surface area (Å²) in [7, 11) is 0. The first-order chi connectivity index (χ1) is 10.9. The van der Waals surface area contributed by atoms with Gasteiger partial charge in [-0.1, -0.05) is 13.3 Å². The fraction of sp³-hybridized carbons (Fsp3) is 0.765. The van der Waals surface area contributed by atoms with E-state index in [9.17, 15) is 4.79 Å². The van der Waals surface area contributed by atoms with Crippen LogP contribution in [0.5, 0.6) is 0 Å². The zero-order chi connectivity index (χ0) is 16.9. The maximum Gasteiger partial charge on any atom is 0.407 e. The van der Waals surface area contributed by atoms with E-state index >= 15 is 0 Å². The number of nitrogens with zero attached hydrogens (tertiary/aromatic N) is 1. The highest BCUT2D eigenvalue weighted by molar-refractivity contribution is 5.67. The first kappa shape index (κ1) is 17.8. The van der Waals surface area contributed by atoms with Gasteiger partial charge in [0.2, 0.25) is 0 Å². The van der Waals surface area contributed by atoms with E-state index in [2.05, 4.69) is 27.5 Å². The molecule has 3 unspecified atom stereocenters. The molecule has 6 heteroatoms. The van der Waals surface area contributed by atoms with Gasteiger partial charge in [-0.15, -0.1) is 0 Å². The molecule has 0 bridgehead atoms. The van der Waals surface area contributed by atoms with Gasteiger partial charge in [0.15, 0.2) is 0 Å². The van der Waals surface area contributed by atoms with Gasteiger partial charge in [0, 0.05) is 25.0 Å². The number of H-pyrrole nitrogens is 1. The summed E-state index contributed by atoms with van der Waals surface area (Å²) in [6, 6.07) is 0.636. The molecule has 1 amide bonds. The lowest BCUT2D eigenvalue weighted by atomic mass is 10.0. The van der Waals surface area contributed by atoms with Crippen LogP contribution in [0, 0.1) is 5.92 Å². The third kappa shape index (κ3) is 5.53. The summed E-state index contributed by atoms with van der Waals surface area (Å²) in [5.74, 6) is 1.42. The van der Waals surface area contributed by atoms with Crippen LogP contribution < -0.4 is 10.6 Å². The maximum absolute atomic E-state index is 11.8. The second-order valence-corrected chi connectivity index (χ2v) is 7.28. The summed E-state index contributed by atoms with van der Waals surface area (Å²) in [5, 5.41) is 6.62. The zero-order valence-corrected chi connectivity index (χ0v) is 14.7. The van der Waals surface area contributed by atoms with E-state index in [4.69, 9.17) is 4.74 Å². The topological polar surface area (TPSA) is 79.0 Å². The molecule has 0 radical (unpaired) electrons. The summed E-state index contributed by atoms with van der Waals surface area (Å²) in [4.78, 5) is 19.4. The molecule has 1 fully saturated rings. The highest BCUT2D eigenvalue weighted by Gasteiger charge is 2.30. The van der Waals surface area contributed by atoms with E-state index in [0.29, 0.717) is 18.5 Å². The smallest absolute Gasteiger partial charge is 0.407 e. The van der Waals surface area contributed by atoms with Crippen molar-refractivity contribution in [3.05, 3.63) is 18.2 Å². The highest BCUT2D eigenvalue weighted by atomic mass is 16.6. The Morgan fingerprint density at radius 3 is 2.87 bits per heavy atom. The van der Waals surface area contributed by atoms with Gasteiger partial charge in [-0.3, -0.25) is 0 Å². The Balaban J connectivity index is 1.84. The number of carbonyl (C=O) groups is 1. The Morgan fingerprint density at radius 1 is 1.48 bits per heavy atom. The summed E-state index contributed by atoms with van der Waals surface area (Å²) in [5.41, 5.74) is -0.454. The van der Waals surface area contributed by atoms with Crippen molar-refractivity contribution in [1.82, 2.24) is 20.6 Å². The summed E-state index contributed by atoms with van der Waals surface area (Å²) >= 11 is 0. The predicted octanol–water partition coefficient (Wildman–Crippen LogP) is 3.14. The largest absolute Gasteiger partial charge is 0.444 e. The monoisotopic (exact) mass is 322 g/mol. The summed E-state index contributed by atoms with van der Waals surface area (Å²) in [6.07, 6.45) is 7.75. The molecule has 1 aromatic rings. The van der Waals surface area contributed by atoms with Gasteiger partial charge in [0.1, 0.15) is 11.4 Å². The van der Waals surface area contributed by atoms with Gasteiger partial charge < -0.3 is 20.4 Å². The molecular weight excluding hydrogens is 292 g/mol. The first-order valence-corrected chi connectivity index (χ1v) is 8.61. The Kier molecular flexibility index (Phi) is 6.04. The molecule has 0 aliphatic heterocycles. The minimum atomic E-state index is -0.454. The minimum Gasteiger partial charge on any atom is -0.444 e. The first-order valence-electron chi connectivity index (χ1n) is 8.61. The zero-order valence-electron chi connectivity index (χ0n) is 14.7. The van der Waals surface area contributed by atoms with Crippen molar-refractivity contribution in [2.45, 2.75) is 71.1 Å². The highest BCUT2D eigenvalue weighted by Crippen LogP contribution is 2.28. The second kappa shape index (κ2) is 7.81. The molecule has 6 nitrogen and oxygen atoms in total. The molecule has 1 heterocycles. The van der Waals surface area contributed by atoms with E-state index in [1.165, 1.54) is 6.42 Å². The molecule has 23 heavy (non-hydrogen) atoms. The number of rotatable bonds is 6. The van der Waals surface area contributed by atoms with Crippen molar-refractivity contribution in [3.8, 4) is 0 Å². The molecule has 0 aromatic carbocycles. The number of imidazole rings is 1. The predicted molar refractivity (Wildman–Crippen MR) is 90.1 cm³/mol. The van der Waals surface area contributed by atoms with Crippen molar-refractivity contribution >= 4 is 6.09 Å². The summed E-state index contributed by atoms with van der Waals surface area (Å²) in [6.45, 7) is 8.44. The quantitative estimate of drug-likeness (QED) is 0.752. The van der Waals surface area contributed by atoms with Crippen molar-refractivity contribution in [2.75, 3.05) is 6.54 Å². The van der Waals surface area contributed by atoms with E-state index < -0.39 is 5.60 Å². The van der Waals surface area contributed by atoms with Crippen LogP contribution in [0.15, 0.2) is 12.4 Å². The van der Waals surface area contributed by atoms with Crippen LogP contribution in [0.2, 0.25) is 0 Å². The van der Waals surface area contributed by atoms with Gasteiger partial charge >= 0.3 is 6.09 Å². The van der Waals surface area contributed by atoms with Gasteiger partial charge in [-0.05, 0) is 46.0 Å². The van der Waals surface area contributed by atoms with Crippen LogP contribution in [0.25, 0.3) is 0 Å². The fourth-order valence-electron chi connectivity index (χ4n) is 3.15. The third-order valence-corrected chi connectivity index (χ3v) is 4.24. The van der Waals surface area contributed by atoms with E-state index in [0.717, 1.165) is 25.1 Å². The number of hydrogen-bond acceptors (Lipinski definition) is 4. The Morgan fingerprint density at radius 2 is 2.26 bits per heavy atom. The molecule has 130 valence electrons. The van der Waals surface area contributed by atoms with Gasteiger partial charge in [0.25, 0.3) is 0 Å². The van der Waals surface area contributed by atoms with Crippen LogP contribution in [0.1, 0.15) is 65.2 Å². The fourth-order valence-corrected chi connectivity index (χ4v) is 3.15. The van der Waals surface area contributed by atoms with Gasteiger partial charge in [0.05, 0.1) is 6.04 Å². The maximum atomic E-state index is 11.8. The Bertz CT molecular complexity index is 481. The molecule has 2 rings (SSSR count). The van der Waals surface area contributed by atoms with Crippen LogP contribution in [0.4, 0.5) is 4.79 Å². The van der Waals surface area contributed by atoms with Crippen molar-refractivity contribution in [1.29, 1.82) is 0 Å². The lowest BCUT2D eigenvalue weighted by Gasteiger charge is -2.26. The van der Waals surface area contributed by atoms with Crippen molar-refractivity contribution in [2.24, 2.45) is 5.92 Å².